The van der Waals surface area contributed by atoms with Crippen LogP contribution >= 0.6 is 0 Å². The first kappa shape index (κ1) is 14.8. The molecular formula is C15H16N4O2S. The maximum Gasteiger partial charge on any atom is 0.240 e. The minimum atomic E-state index is -3.55. The van der Waals surface area contributed by atoms with Gasteiger partial charge in [0.2, 0.25) is 10.0 Å². The predicted octanol–water partition coefficient (Wildman–Crippen LogP) is 1.61. The average Bonchev–Trinajstić information content (AvgIpc) is 3.27. The number of nitrogens with zero attached hydrogens (tertiary/aromatic N) is 3. The van der Waals surface area contributed by atoms with Gasteiger partial charge < -0.3 is 4.57 Å². The summed E-state index contributed by atoms with van der Waals surface area (Å²) in [4.78, 5) is 4.49. The van der Waals surface area contributed by atoms with Crippen molar-refractivity contribution in [3.8, 4) is 6.07 Å². The molecule has 1 aromatic heterocycles. The number of nitriles is 1. The van der Waals surface area contributed by atoms with E-state index < -0.39 is 10.0 Å². The van der Waals surface area contributed by atoms with Crippen LogP contribution in [0.3, 0.4) is 0 Å². The molecule has 1 fully saturated rings. The smallest absolute Gasteiger partial charge is 0.240 e. The van der Waals surface area contributed by atoms with Crippen molar-refractivity contribution in [2.75, 3.05) is 6.54 Å². The van der Waals surface area contributed by atoms with E-state index in [2.05, 4.69) is 9.71 Å². The van der Waals surface area contributed by atoms with Crippen molar-refractivity contribution in [2.45, 2.75) is 30.2 Å². The van der Waals surface area contributed by atoms with Gasteiger partial charge >= 0.3 is 0 Å². The van der Waals surface area contributed by atoms with E-state index in [-0.39, 0.29) is 4.90 Å². The van der Waals surface area contributed by atoms with Crippen molar-refractivity contribution >= 4 is 10.0 Å². The second-order valence-electron chi connectivity index (χ2n) is 5.29. The van der Waals surface area contributed by atoms with Gasteiger partial charge in [-0.25, -0.2) is 18.1 Å². The Morgan fingerprint density at radius 2 is 2.05 bits per heavy atom. The molecule has 1 N–H and O–H groups in total. The lowest BCUT2D eigenvalue weighted by atomic mass is 10.2. The van der Waals surface area contributed by atoms with Gasteiger partial charge in [0.25, 0.3) is 0 Å². The van der Waals surface area contributed by atoms with E-state index in [1.807, 2.05) is 16.8 Å². The standard InChI is InChI=1S/C15H16N4O2S/c16-11-12-1-5-14(6-2-12)22(20,21)18-8-10-19-9-7-17-15(19)13-3-4-13/h1-2,5-7,9,13,18H,3-4,8,10H2. The highest BCUT2D eigenvalue weighted by Gasteiger charge is 2.27. The molecule has 2 aromatic rings. The Morgan fingerprint density at radius 1 is 1.32 bits per heavy atom. The summed E-state index contributed by atoms with van der Waals surface area (Å²) in [7, 11) is -3.55. The number of benzene rings is 1. The SMILES string of the molecule is N#Cc1ccc(S(=O)(=O)NCCn2ccnc2C2CC2)cc1. The molecule has 1 aromatic carbocycles. The highest BCUT2D eigenvalue weighted by Crippen LogP contribution is 2.38. The van der Waals surface area contributed by atoms with Crippen molar-refractivity contribution in [1.82, 2.24) is 14.3 Å². The van der Waals surface area contributed by atoms with E-state index in [0.717, 1.165) is 18.7 Å². The van der Waals surface area contributed by atoms with Gasteiger partial charge in [-0.05, 0) is 37.1 Å². The Bertz CT molecular complexity index is 799. The fourth-order valence-electron chi connectivity index (χ4n) is 2.30. The van der Waals surface area contributed by atoms with E-state index in [0.29, 0.717) is 24.6 Å². The zero-order valence-electron chi connectivity index (χ0n) is 11.9. The molecule has 1 aliphatic carbocycles. The Labute approximate surface area is 129 Å². The highest BCUT2D eigenvalue weighted by molar-refractivity contribution is 7.89. The lowest BCUT2D eigenvalue weighted by molar-refractivity contribution is 0.569. The highest BCUT2D eigenvalue weighted by atomic mass is 32.2. The van der Waals surface area contributed by atoms with E-state index in [1.54, 1.807) is 6.20 Å². The number of hydrogen-bond acceptors (Lipinski definition) is 4. The summed E-state index contributed by atoms with van der Waals surface area (Å²) in [6, 6.07) is 7.83. The van der Waals surface area contributed by atoms with Gasteiger partial charge in [0.05, 0.1) is 16.5 Å². The molecule has 0 saturated heterocycles. The lowest BCUT2D eigenvalue weighted by Crippen LogP contribution is -2.27. The van der Waals surface area contributed by atoms with Gasteiger partial charge in [0.1, 0.15) is 5.82 Å². The zero-order valence-corrected chi connectivity index (χ0v) is 12.8. The molecule has 22 heavy (non-hydrogen) atoms. The molecule has 3 rings (SSSR count). The molecule has 0 unspecified atom stereocenters. The summed E-state index contributed by atoms with van der Waals surface area (Å²) in [6.07, 6.45) is 5.95. The molecule has 1 saturated carbocycles. The van der Waals surface area contributed by atoms with Crippen LogP contribution in [0.2, 0.25) is 0 Å². The van der Waals surface area contributed by atoms with Crippen LogP contribution in [0.5, 0.6) is 0 Å². The number of aromatic nitrogens is 2. The number of nitrogens with one attached hydrogen (secondary N) is 1. The van der Waals surface area contributed by atoms with Crippen molar-refractivity contribution in [1.29, 1.82) is 5.26 Å². The van der Waals surface area contributed by atoms with Crippen LogP contribution in [0.4, 0.5) is 0 Å². The van der Waals surface area contributed by atoms with Gasteiger partial charge in [0, 0.05) is 31.4 Å². The third-order valence-corrected chi connectivity index (χ3v) is 5.11. The Balaban J connectivity index is 1.62. The van der Waals surface area contributed by atoms with Crippen LogP contribution in [-0.2, 0) is 16.6 Å². The summed E-state index contributed by atoms with van der Waals surface area (Å²) in [5, 5.41) is 8.73. The largest absolute Gasteiger partial charge is 0.333 e. The van der Waals surface area contributed by atoms with Crippen LogP contribution in [0.15, 0.2) is 41.6 Å². The molecule has 7 heteroatoms. The fraction of sp³-hybridized carbons (Fsp3) is 0.333. The van der Waals surface area contributed by atoms with Crippen molar-refractivity contribution < 1.29 is 8.42 Å². The van der Waals surface area contributed by atoms with Gasteiger partial charge in [0.15, 0.2) is 0 Å². The number of sulfonamides is 1. The minimum Gasteiger partial charge on any atom is -0.333 e. The van der Waals surface area contributed by atoms with Gasteiger partial charge in [-0.1, -0.05) is 0 Å². The molecule has 1 heterocycles. The predicted molar refractivity (Wildman–Crippen MR) is 80.5 cm³/mol. The van der Waals surface area contributed by atoms with Crippen LogP contribution in [0.1, 0.15) is 30.1 Å². The third kappa shape index (κ3) is 3.18. The summed E-state index contributed by atoms with van der Waals surface area (Å²) in [6.45, 7) is 0.861. The number of rotatable bonds is 6. The van der Waals surface area contributed by atoms with Crippen LogP contribution in [-0.4, -0.2) is 24.5 Å². The summed E-state index contributed by atoms with van der Waals surface area (Å²) in [5.74, 6) is 1.57. The maximum atomic E-state index is 12.2. The van der Waals surface area contributed by atoms with Crippen LogP contribution < -0.4 is 4.72 Å². The maximum absolute atomic E-state index is 12.2. The summed E-state index contributed by atoms with van der Waals surface area (Å²) >= 11 is 0. The van der Waals surface area contributed by atoms with E-state index in [4.69, 9.17) is 5.26 Å². The second-order valence-corrected chi connectivity index (χ2v) is 7.05. The topological polar surface area (TPSA) is 87.8 Å². The van der Waals surface area contributed by atoms with Crippen LogP contribution in [0.25, 0.3) is 0 Å². The van der Waals surface area contributed by atoms with E-state index >= 15 is 0 Å². The molecule has 0 radical (unpaired) electrons. The Kier molecular flexibility index (Phi) is 3.96. The molecule has 0 bridgehead atoms. The van der Waals surface area contributed by atoms with Crippen LogP contribution in [0, 0.1) is 11.3 Å². The molecule has 0 aliphatic heterocycles. The van der Waals surface area contributed by atoms with E-state index in [9.17, 15) is 8.42 Å². The van der Waals surface area contributed by atoms with Crippen molar-refractivity contribution in [3.05, 3.63) is 48.0 Å². The number of hydrogen-bond donors (Lipinski definition) is 1. The van der Waals surface area contributed by atoms with Gasteiger partial charge in [-0.3, -0.25) is 0 Å². The Morgan fingerprint density at radius 3 is 2.68 bits per heavy atom. The lowest BCUT2D eigenvalue weighted by Gasteiger charge is -2.09. The molecule has 114 valence electrons. The monoisotopic (exact) mass is 316 g/mol. The van der Waals surface area contributed by atoms with Crippen molar-refractivity contribution in [2.24, 2.45) is 0 Å². The number of imidazole rings is 1. The minimum absolute atomic E-state index is 0.166. The second kappa shape index (κ2) is 5.91. The fourth-order valence-corrected chi connectivity index (χ4v) is 3.32. The molecule has 0 atom stereocenters. The Hall–Kier alpha value is -2.17. The molecule has 0 amide bonds. The molecule has 6 nitrogen and oxygen atoms in total. The molecule has 0 spiro atoms. The first-order chi connectivity index (χ1) is 10.6. The van der Waals surface area contributed by atoms with Gasteiger partial charge in [-0.15, -0.1) is 0 Å². The summed E-state index contributed by atoms with van der Waals surface area (Å²) < 4.78 is 28.9. The molecular weight excluding hydrogens is 300 g/mol. The summed E-state index contributed by atoms with van der Waals surface area (Å²) in [5.41, 5.74) is 0.437. The first-order valence-corrected chi connectivity index (χ1v) is 8.59. The molecule has 1 aliphatic rings. The quantitative estimate of drug-likeness (QED) is 0.877. The van der Waals surface area contributed by atoms with E-state index in [1.165, 1.54) is 24.3 Å². The van der Waals surface area contributed by atoms with Gasteiger partial charge in [-0.2, -0.15) is 5.26 Å². The third-order valence-electron chi connectivity index (χ3n) is 3.63. The van der Waals surface area contributed by atoms with Crippen molar-refractivity contribution in [3.63, 3.8) is 0 Å². The first-order valence-electron chi connectivity index (χ1n) is 7.11. The average molecular weight is 316 g/mol. The zero-order chi connectivity index (χ0) is 15.6. The normalized spacial score (nSPS) is 14.7.